The molecule has 2 aromatic rings. The third-order valence-electron chi connectivity index (χ3n) is 6.30. The minimum Gasteiger partial charge on any atom is -0.402 e. The smallest absolute Gasteiger partial charge is 0.402 e. The van der Waals surface area contributed by atoms with Gasteiger partial charge in [0, 0.05) is 18.7 Å². The Morgan fingerprint density at radius 2 is 1.93 bits per heavy atom. The van der Waals surface area contributed by atoms with Gasteiger partial charge in [-0.3, -0.25) is 4.79 Å². The number of fused-ring (bicyclic) bond motifs is 1. The Morgan fingerprint density at radius 3 is 2.60 bits per heavy atom. The molecule has 1 atom stereocenters. The SMILES string of the molecule is CC1OB(c2ccc3c(c2)C(=O)N(CCOC(C)(C)c2ccccc2)C3)OC1(C)C. The van der Waals surface area contributed by atoms with E-state index in [9.17, 15) is 4.79 Å². The van der Waals surface area contributed by atoms with Crippen molar-refractivity contribution in [2.75, 3.05) is 13.2 Å². The Kier molecular flexibility index (Phi) is 5.51. The van der Waals surface area contributed by atoms with Crippen LogP contribution in [0.25, 0.3) is 0 Å². The summed E-state index contributed by atoms with van der Waals surface area (Å²) in [5.41, 5.74) is 3.05. The molecule has 2 aliphatic heterocycles. The molecule has 2 aliphatic rings. The fraction of sp³-hybridized carbons (Fsp3) is 0.458. The lowest BCUT2D eigenvalue weighted by Gasteiger charge is -2.27. The zero-order valence-electron chi connectivity index (χ0n) is 18.5. The molecule has 0 bridgehead atoms. The van der Waals surface area contributed by atoms with Crippen LogP contribution >= 0.6 is 0 Å². The molecule has 4 rings (SSSR count). The number of ether oxygens (including phenoxy) is 1. The van der Waals surface area contributed by atoms with E-state index in [1.54, 1.807) is 0 Å². The number of carbonyl (C=O) groups excluding carboxylic acids is 1. The molecule has 2 heterocycles. The average molecular weight is 407 g/mol. The molecule has 0 aliphatic carbocycles. The number of carbonyl (C=O) groups is 1. The van der Waals surface area contributed by atoms with Gasteiger partial charge in [-0.25, -0.2) is 0 Å². The summed E-state index contributed by atoms with van der Waals surface area (Å²) >= 11 is 0. The lowest BCUT2D eigenvalue weighted by Crippen LogP contribution is -2.35. The summed E-state index contributed by atoms with van der Waals surface area (Å²) in [5, 5.41) is 0. The van der Waals surface area contributed by atoms with Crippen molar-refractivity contribution >= 4 is 18.5 Å². The van der Waals surface area contributed by atoms with Gasteiger partial charge in [0.05, 0.1) is 23.9 Å². The molecule has 0 N–H and O–H groups in total. The first-order chi connectivity index (χ1) is 14.2. The van der Waals surface area contributed by atoms with E-state index in [4.69, 9.17) is 14.0 Å². The lowest BCUT2D eigenvalue weighted by atomic mass is 9.78. The Balaban J connectivity index is 1.38. The molecule has 2 aromatic carbocycles. The van der Waals surface area contributed by atoms with Crippen LogP contribution < -0.4 is 5.46 Å². The van der Waals surface area contributed by atoms with Crippen LogP contribution in [0, 0.1) is 0 Å². The molecule has 6 heteroatoms. The summed E-state index contributed by atoms with van der Waals surface area (Å²) in [4.78, 5) is 14.8. The highest BCUT2D eigenvalue weighted by Crippen LogP contribution is 2.29. The number of nitrogens with zero attached hydrogens (tertiary/aromatic N) is 1. The van der Waals surface area contributed by atoms with Crippen molar-refractivity contribution in [2.24, 2.45) is 0 Å². The topological polar surface area (TPSA) is 48.0 Å². The molecule has 1 amide bonds. The highest BCUT2D eigenvalue weighted by molar-refractivity contribution is 6.62. The maximum atomic E-state index is 13.0. The third-order valence-corrected chi connectivity index (χ3v) is 6.30. The molecule has 1 saturated heterocycles. The largest absolute Gasteiger partial charge is 0.494 e. The monoisotopic (exact) mass is 407 g/mol. The first-order valence-electron chi connectivity index (χ1n) is 10.6. The van der Waals surface area contributed by atoms with Crippen molar-refractivity contribution in [3.8, 4) is 0 Å². The average Bonchev–Trinajstić information content (AvgIpc) is 3.17. The minimum absolute atomic E-state index is 0.00641. The molecular weight excluding hydrogens is 377 g/mol. The van der Waals surface area contributed by atoms with Gasteiger partial charge in [-0.05, 0) is 57.3 Å². The molecule has 0 spiro atoms. The van der Waals surface area contributed by atoms with Gasteiger partial charge < -0.3 is 18.9 Å². The van der Waals surface area contributed by atoms with Crippen molar-refractivity contribution in [3.05, 3.63) is 65.2 Å². The van der Waals surface area contributed by atoms with E-state index < -0.39 is 12.7 Å². The van der Waals surface area contributed by atoms with Crippen LogP contribution in [0.1, 0.15) is 56.1 Å². The summed E-state index contributed by atoms with van der Waals surface area (Å²) in [6.45, 7) is 11.8. The zero-order valence-corrected chi connectivity index (χ0v) is 18.5. The normalized spacial score (nSPS) is 20.7. The number of rotatable bonds is 6. The summed E-state index contributed by atoms with van der Waals surface area (Å²) < 4.78 is 18.1. The van der Waals surface area contributed by atoms with Crippen molar-refractivity contribution in [2.45, 2.75) is 58.5 Å². The van der Waals surface area contributed by atoms with E-state index in [0.717, 1.165) is 22.2 Å². The minimum atomic E-state index is -0.433. The Bertz CT molecular complexity index is 928. The van der Waals surface area contributed by atoms with Gasteiger partial charge in [-0.2, -0.15) is 0 Å². The molecule has 30 heavy (non-hydrogen) atoms. The fourth-order valence-corrected chi connectivity index (χ4v) is 3.94. The highest BCUT2D eigenvalue weighted by Gasteiger charge is 2.44. The number of hydrogen-bond acceptors (Lipinski definition) is 4. The quantitative estimate of drug-likeness (QED) is 0.688. The number of hydrogen-bond donors (Lipinski definition) is 0. The number of benzene rings is 2. The summed E-state index contributed by atoms with van der Waals surface area (Å²) in [6, 6.07) is 16.1. The third kappa shape index (κ3) is 4.04. The van der Waals surface area contributed by atoms with Gasteiger partial charge in [-0.15, -0.1) is 0 Å². The van der Waals surface area contributed by atoms with E-state index in [1.807, 2.05) is 62.1 Å². The van der Waals surface area contributed by atoms with E-state index >= 15 is 0 Å². The Labute approximate surface area is 179 Å². The van der Waals surface area contributed by atoms with Crippen LogP contribution in [0.15, 0.2) is 48.5 Å². The van der Waals surface area contributed by atoms with Gasteiger partial charge in [0.25, 0.3) is 5.91 Å². The van der Waals surface area contributed by atoms with E-state index in [0.29, 0.717) is 19.7 Å². The first-order valence-corrected chi connectivity index (χ1v) is 10.6. The molecule has 0 radical (unpaired) electrons. The molecule has 1 unspecified atom stereocenters. The zero-order chi connectivity index (χ0) is 21.5. The van der Waals surface area contributed by atoms with Gasteiger partial charge >= 0.3 is 7.12 Å². The summed E-state index contributed by atoms with van der Waals surface area (Å²) in [5.74, 6) is 0.0401. The second kappa shape index (κ2) is 7.84. The maximum Gasteiger partial charge on any atom is 0.494 e. The molecule has 0 saturated carbocycles. The second-order valence-corrected chi connectivity index (χ2v) is 9.20. The predicted octanol–water partition coefficient (Wildman–Crippen LogP) is 3.50. The molecule has 5 nitrogen and oxygen atoms in total. The van der Waals surface area contributed by atoms with Gasteiger partial charge in [0.15, 0.2) is 0 Å². The molecule has 158 valence electrons. The maximum absolute atomic E-state index is 13.0. The first kappa shape index (κ1) is 21.1. The van der Waals surface area contributed by atoms with Crippen molar-refractivity contribution in [3.63, 3.8) is 0 Å². The Hall–Kier alpha value is -2.15. The van der Waals surface area contributed by atoms with Crippen LogP contribution in [0.3, 0.4) is 0 Å². The van der Waals surface area contributed by atoms with E-state index in [1.165, 1.54) is 0 Å². The van der Waals surface area contributed by atoms with Crippen LogP contribution in [-0.4, -0.2) is 42.8 Å². The second-order valence-electron chi connectivity index (χ2n) is 9.20. The van der Waals surface area contributed by atoms with Gasteiger partial charge in [0.2, 0.25) is 0 Å². The van der Waals surface area contributed by atoms with Gasteiger partial charge in [-0.1, -0.05) is 42.5 Å². The number of amides is 1. The van der Waals surface area contributed by atoms with E-state index in [-0.39, 0.29) is 17.6 Å². The summed E-state index contributed by atoms with van der Waals surface area (Å²) in [7, 11) is -0.433. The van der Waals surface area contributed by atoms with E-state index in [2.05, 4.69) is 26.0 Å². The van der Waals surface area contributed by atoms with Gasteiger partial charge in [0.1, 0.15) is 0 Å². The van der Waals surface area contributed by atoms with Crippen molar-refractivity contribution in [1.29, 1.82) is 0 Å². The van der Waals surface area contributed by atoms with Crippen molar-refractivity contribution < 1.29 is 18.8 Å². The van der Waals surface area contributed by atoms with Crippen LogP contribution in [0.5, 0.6) is 0 Å². The molecule has 1 fully saturated rings. The standard InChI is InChI=1S/C24H30BNO4/c1-17-23(2,3)30-25(29-17)20-12-11-18-16-26(22(27)21(18)15-20)13-14-28-24(4,5)19-9-7-6-8-10-19/h6-12,15,17H,13-14,16H2,1-5H3. The fourth-order valence-electron chi connectivity index (χ4n) is 3.94. The predicted molar refractivity (Wildman–Crippen MR) is 118 cm³/mol. The van der Waals surface area contributed by atoms with Crippen LogP contribution in [-0.2, 0) is 26.2 Å². The van der Waals surface area contributed by atoms with Crippen LogP contribution in [0.4, 0.5) is 0 Å². The van der Waals surface area contributed by atoms with Crippen LogP contribution in [0.2, 0.25) is 0 Å². The molecule has 0 aromatic heterocycles. The summed E-state index contributed by atoms with van der Waals surface area (Å²) in [6.07, 6.45) is -0.00641. The highest BCUT2D eigenvalue weighted by atomic mass is 16.7. The Morgan fingerprint density at radius 1 is 1.20 bits per heavy atom. The lowest BCUT2D eigenvalue weighted by molar-refractivity contribution is -0.0288. The molecular formula is C24H30BNO4. The van der Waals surface area contributed by atoms with Crippen molar-refractivity contribution in [1.82, 2.24) is 4.90 Å².